The van der Waals surface area contributed by atoms with Gasteiger partial charge in [0.1, 0.15) is 17.1 Å². The number of benzene rings is 1. The molecule has 2 unspecified atom stereocenters. The van der Waals surface area contributed by atoms with Gasteiger partial charge in [-0.05, 0) is 28.1 Å². The smallest absolute Gasteiger partial charge is 0.176 e. The number of carbonyl (C=O) groups excluding carboxylic acids is 1. The molecule has 0 saturated carbocycles. The SMILES string of the molecule is COc1ccc(Br)c(OC)c1C(=O)C(C)P. The third-order valence-corrected chi connectivity index (χ3v) is 3.08. The predicted molar refractivity (Wildman–Crippen MR) is 70.7 cm³/mol. The van der Waals surface area contributed by atoms with Crippen molar-refractivity contribution >= 4 is 31.0 Å². The molecule has 0 aromatic heterocycles. The van der Waals surface area contributed by atoms with E-state index in [-0.39, 0.29) is 11.4 Å². The number of halogens is 1. The van der Waals surface area contributed by atoms with Crippen LogP contribution in [-0.2, 0) is 0 Å². The van der Waals surface area contributed by atoms with Gasteiger partial charge in [-0.1, -0.05) is 6.92 Å². The first-order valence-corrected chi connectivity index (χ1v) is 6.19. The molecular weight excluding hydrogens is 291 g/mol. The summed E-state index contributed by atoms with van der Waals surface area (Å²) in [6.07, 6.45) is 0. The van der Waals surface area contributed by atoms with Crippen LogP contribution < -0.4 is 9.47 Å². The predicted octanol–water partition coefficient (Wildman–Crippen LogP) is 2.91. The van der Waals surface area contributed by atoms with Gasteiger partial charge in [0.05, 0.1) is 18.7 Å². The van der Waals surface area contributed by atoms with E-state index in [1.807, 2.05) is 6.92 Å². The molecule has 16 heavy (non-hydrogen) atoms. The lowest BCUT2D eigenvalue weighted by Gasteiger charge is -2.15. The third-order valence-electron chi connectivity index (χ3n) is 2.16. The summed E-state index contributed by atoms with van der Waals surface area (Å²) in [4.78, 5) is 12.1. The number of hydrogen-bond acceptors (Lipinski definition) is 3. The van der Waals surface area contributed by atoms with Gasteiger partial charge in [0.2, 0.25) is 0 Å². The fourth-order valence-electron chi connectivity index (χ4n) is 1.37. The molecule has 1 aromatic rings. The van der Waals surface area contributed by atoms with E-state index in [4.69, 9.17) is 9.47 Å². The Balaban J connectivity index is 3.42. The van der Waals surface area contributed by atoms with E-state index in [0.717, 1.165) is 4.47 Å². The van der Waals surface area contributed by atoms with E-state index in [9.17, 15) is 4.79 Å². The molecular formula is C11H14BrO3P. The van der Waals surface area contributed by atoms with Gasteiger partial charge < -0.3 is 9.47 Å². The summed E-state index contributed by atoms with van der Waals surface area (Å²) in [6, 6.07) is 3.54. The van der Waals surface area contributed by atoms with E-state index in [1.165, 1.54) is 14.2 Å². The van der Waals surface area contributed by atoms with E-state index >= 15 is 0 Å². The van der Waals surface area contributed by atoms with Crippen LogP contribution in [0, 0.1) is 0 Å². The molecule has 5 heteroatoms. The van der Waals surface area contributed by atoms with Crippen LogP contribution in [0.2, 0.25) is 0 Å². The van der Waals surface area contributed by atoms with Crippen molar-refractivity contribution in [1.82, 2.24) is 0 Å². The van der Waals surface area contributed by atoms with E-state index < -0.39 is 0 Å². The second-order valence-electron chi connectivity index (χ2n) is 3.31. The molecule has 0 N–H and O–H groups in total. The highest BCUT2D eigenvalue weighted by molar-refractivity contribution is 9.10. The molecule has 0 aliphatic carbocycles. The van der Waals surface area contributed by atoms with Crippen LogP contribution in [0.1, 0.15) is 17.3 Å². The maximum Gasteiger partial charge on any atom is 0.176 e. The molecule has 0 bridgehead atoms. The van der Waals surface area contributed by atoms with Crippen LogP contribution in [-0.4, -0.2) is 25.7 Å². The van der Waals surface area contributed by atoms with Gasteiger partial charge in [-0.3, -0.25) is 4.79 Å². The van der Waals surface area contributed by atoms with Gasteiger partial charge in [0, 0.05) is 5.66 Å². The van der Waals surface area contributed by atoms with E-state index in [0.29, 0.717) is 17.1 Å². The lowest BCUT2D eigenvalue weighted by atomic mass is 10.1. The highest BCUT2D eigenvalue weighted by Gasteiger charge is 2.22. The summed E-state index contributed by atoms with van der Waals surface area (Å²) in [7, 11) is 5.54. The third kappa shape index (κ3) is 2.55. The number of Topliss-reactive ketones (excluding diaryl/α,β-unsaturated/α-hetero) is 1. The van der Waals surface area contributed by atoms with Crippen LogP contribution in [0.5, 0.6) is 11.5 Å². The summed E-state index contributed by atoms with van der Waals surface area (Å²) < 4.78 is 11.2. The zero-order valence-corrected chi connectivity index (χ0v) is 12.2. The highest BCUT2D eigenvalue weighted by atomic mass is 79.9. The maximum absolute atomic E-state index is 12.1. The van der Waals surface area contributed by atoms with Crippen molar-refractivity contribution in [3.05, 3.63) is 22.2 Å². The van der Waals surface area contributed by atoms with E-state index in [1.54, 1.807) is 12.1 Å². The minimum Gasteiger partial charge on any atom is -0.496 e. The Morgan fingerprint density at radius 2 is 2.00 bits per heavy atom. The lowest BCUT2D eigenvalue weighted by molar-refractivity contribution is 0.0987. The summed E-state index contributed by atoms with van der Waals surface area (Å²) in [5.74, 6) is 1.01. The molecule has 0 radical (unpaired) electrons. The molecule has 0 heterocycles. The fraction of sp³-hybridized carbons (Fsp3) is 0.364. The molecule has 0 aliphatic rings. The molecule has 2 atom stereocenters. The molecule has 0 amide bonds. The molecule has 1 aromatic carbocycles. The first-order chi connectivity index (χ1) is 7.52. The summed E-state index contributed by atoms with van der Waals surface area (Å²) in [5, 5.41) is 0. The molecule has 3 nitrogen and oxygen atoms in total. The topological polar surface area (TPSA) is 35.5 Å². The molecule has 0 aliphatic heterocycles. The minimum absolute atomic E-state index is 0.0278. The van der Waals surface area contributed by atoms with Gasteiger partial charge >= 0.3 is 0 Å². The average molecular weight is 305 g/mol. The summed E-state index contributed by atoms with van der Waals surface area (Å²) >= 11 is 3.35. The Labute approximate surface area is 106 Å². The van der Waals surface area contributed by atoms with Gasteiger partial charge in [-0.25, -0.2) is 0 Å². The van der Waals surface area contributed by atoms with Crippen LogP contribution in [0.25, 0.3) is 0 Å². The summed E-state index contributed by atoms with van der Waals surface area (Å²) in [6.45, 7) is 1.81. The first-order valence-electron chi connectivity index (χ1n) is 4.73. The Kier molecular flexibility index (Phi) is 4.75. The van der Waals surface area contributed by atoms with Crippen LogP contribution in [0.4, 0.5) is 0 Å². The molecule has 0 saturated heterocycles. The quantitative estimate of drug-likeness (QED) is 0.634. The zero-order valence-electron chi connectivity index (χ0n) is 9.41. The van der Waals surface area contributed by atoms with Gasteiger partial charge in [-0.15, -0.1) is 9.24 Å². The number of ether oxygens (including phenoxy) is 2. The van der Waals surface area contributed by atoms with Crippen molar-refractivity contribution in [3.63, 3.8) is 0 Å². The summed E-state index contributed by atoms with van der Waals surface area (Å²) in [5.41, 5.74) is 0.291. The van der Waals surface area contributed by atoms with Crippen molar-refractivity contribution < 1.29 is 14.3 Å². The van der Waals surface area contributed by atoms with Crippen molar-refractivity contribution in [2.24, 2.45) is 0 Å². The zero-order chi connectivity index (χ0) is 12.3. The Hall–Kier alpha value is -0.600. The number of rotatable bonds is 4. The lowest BCUT2D eigenvalue weighted by Crippen LogP contribution is -2.13. The number of ketones is 1. The van der Waals surface area contributed by atoms with Crippen molar-refractivity contribution in [2.45, 2.75) is 12.6 Å². The molecule has 0 spiro atoms. The Morgan fingerprint density at radius 1 is 1.38 bits per heavy atom. The van der Waals surface area contributed by atoms with Gasteiger partial charge in [0.25, 0.3) is 0 Å². The van der Waals surface area contributed by atoms with Gasteiger partial charge in [0.15, 0.2) is 5.78 Å². The van der Waals surface area contributed by atoms with Gasteiger partial charge in [-0.2, -0.15) is 0 Å². The number of hydrogen-bond donors (Lipinski definition) is 0. The largest absolute Gasteiger partial charge is 0.496 e. The van der Waals surface area contributed by atoms with Crippen LogP contribution >= 0.6 is 25.2 Å². The minimum atomic E-state index is -0.183. The number of carbonyl (C=O) groups is 1. The van der Waals surface area contributed by atoms with Crippen molar-refractivity contribution in [3.8, 4) is 11.5 Å². The molecule has 1 rings (SSSR count). The average Bonchev–Trinajstić information content (AvgIpc) is 2.27. The van der Waals surface area contributed by atoms with E-state index in [2.05, 4.69) is 25.2 Å². The first kappa shape index (κ1) is 13.5. The second-order valence-corrected chi connectivity index (χ2v) is 5.17. The fourth-order valence-corrected chi connectivity index (χ4v) is 2.03. The number of methoxy groups -OCH3 is 2. The maximum atomic E-state index is 12.1. The van der Waals surface area contributed by atoms with Crippen LogP contribution in [0.15, 0.2) is 16.6 Å². The Morgan fingerprint density at radius 3 is 2.44 bits per heavy atom. The molecule has 0 fully saturated rings. The second kappa shape index (κ2) is 5.65. The van der Waals surface area contributed by atoms with Crippen molar-refractivity contribution in [2.75, 3.05) is 14.2 Å². The monoisotopic (exact) mass is 304 g/mol. The normalized spacial score (nSPS) is 12.1. The van der Waals surface area contributed by atoms with Crippen molar-refractivity contribution in [1.29, 1.82) is 0 Å². The standard InChI is InChI=1S/C11H14BrO3P/c1-6(16)10(13)9-8(14-2)5-4-7(12)11(9)15-3/h4-6H,16H2,1-3H3. The Bertz CT molecular complexity index is 404. The highest BCUT2D eigenvalue weighted by Crippen LogP contribution is 2.36. The molecule has 88 valence electrons. The van der Waals surface area contributed by atoms with Crippen LogP contribution in [0.3, 0.4) is 0 Å².